The number of unbranched alkanes of at least 4 members (excludes halogenated alkanes) is 3. The lowest BCUT2D eigenvalue weighted by atomic mass is 10.00. The molecular formula is C14H22BrNO. The van der Waals surface area contributed by atoms with Gasteiger partial charge < -0.3 is 10.5 Å². The van der Waals surface area contributed by atoms with Gasteiger partial charge in [0.15, 0.2) is 0 Å². The molecule has 0 bridgehead atoms. The van der Waals surface area contributed by atoms with Gasteiger partial charge in [-0.1, -0.05) is 48.5 Å². The van der Waals surface area contributed by atoms with Crippen LogP contribution in [0.1, 0.15) is 50.6 Å². The molecule has 1 rings (SSSR count). The molecule has 0 aliphatic heterocycles. The van der Waals surface area contributed by atoms with Gasteiger partial charge in [-0.15, -0.1) is 0 Å². The second-order valence-corrected chi connectivity index (χ2v) is 5.26. The van der Waals surface area contributed by atoms with Crippen molar-refractivity contribution in [1.29, 1.82) is 0 Å². The first-order valence-corrected chi connectivity index (χ1v) is 7.07. The van der Waals surface area contributed by atoms with Gasteiger partial charge in [0.05, 0.1) is 7.11 Å². The van der Waals surface area contributed by atoms with Crippen LogP contribution in [0.15, 0.2) is 22.7 Å². The van der Waals surface area contributed by atoms with E-state index in [1.807, 2.05) is 12.1 Å². The molecule has 0 heterocycles. The highest BCUT2D eigenvalue weighted by Gasteiger charge is 2.11. The van der Waals surface area contributed by atoms with E-state index in [-0.39, 0.29) is 6.04 Å². The Bertz CT molecular complexity index is 341. The van der Waals surface area contributed by atoms with E-state index >= 15 is 0 Å². The van der Waals surface area contributed by atoms with Gasteiger partial charge in [-0.3, -0.25) is 0 Å². The van der Waals surface area contributed by atoms with Crippen LogP contribution in [0.4, 0.5) is 0 Å². The smallest absolute Gasteiger partial charge is 0.123 e. The highest BCUT2D eigenvalue weighted by atomic mass is 79.9. The van der Waals surface area contributed by atoms with E-state index in [1.54, 1.807) is 7.11 Å². The molecule has 0 saturated heterocycles. The fourth-order valence-electron chi connectivity index (χ4n) is 1.94. The minimum absolute atomic E-state index is 0.0688. The Morgan fingerprint density at radius 1 is 1.29 bits per heavy atom. The fourth-order valence-corrected chi connectivity index (χ4v) is 2.32. The van der Waals surface area contributed by atoms with Crippen LogP contribution in [0, 0.1) is 0 Å². The first kappa shape index (κ1) is 14.5. The van der Waals surface area contributed by atoms with Crippen LogP contribution in [0.3, 0.4) is 0 Å². The maximum absolute atomic E-state index is 6.22. The molecule has 0 saturated carbocycles. The van der Waals surface area contributed by atoms with Crippen molar-refractivity contribution in [2.24, 2.45) is 5.73 Å². The second kappa shape index (κ2) is 7.72. The molecule has 0 spiro atoms. The molecule has 96 valence electrons. The molecule has 1 aromatic carbocycles. The molecule has 1 unspecified atom stereocenters. The lowest BCUT2D eigenvalue weighted by Crippen LogP contribution is -2.11. The summed E-state index contributed by atoms with van der Waals surface area (Å²) >= 11 is 3.48. The Hall–Kier alpha value is -0.540. The molecule has 0 aliphatic rings. The van der Waals surface area contributed by atoms with E-state index < -0.39 is 0 Å². The van der Waals surface area contributed by atoms with Gasteiger partial charge in [-0.2, -0.15) is 0 Å². The highest BCUT2D eigenvalue weighted by Crippen LogP contribution is 2.29. The third-order valence-corrected chi connectivity index (χ3v) is 3.45. The van der Waals surface area contributed by atoms with Crippen molar-refractivity contribution in [3.05, 3.63) is 28.2 Å². The first-order valence-electron chi connectivity index (χ1n) is 6.28. The number of halogens is 1. The van der Waals surface area contributed by atoms with Crippen molar-refractivity contribution in [2.45, 2.75) is 45.1 Å². The molecule has 0 aromatic heterocycles. The molecule has 0 radical (unpaired) electrons. The summed E-state index contributed by atoms with van der Waals surface area (Å²) in [7, 11) is 1.69. The predicted molar refractivity (Wildman–Crippen MR) is 76.4 cm³/mol. The number of hydrogen-bond acceptors (Lipinski definition) is 2. The van der Waals surface area contributed by atoms with Gasteiger partial charge >= 0.3 is 0 Å². The van der Waals surface area contributed by atoms with Crippen LogP contribution in [0.25, 0.3) is 0 Å². The summed E-state index contributed by atoms with van der Waals surface area (Å²) < 4.78 is 6.40. The van der Waals surface area contributed by atoms with Crippen LogP contribution >= 0.6 is 15.9 Å². The minimum Gasteiger partial charge on any atom is -0.496 e. The maximum atomic E-state index is 6.22. The average molecular weight is 300 g/mol. The number of rotatable bonds is 7. The Balaban J connectivity index is 2.60. The van der Waals surface area contributed by atoms with Crippen LogP contribution in [0.5, 0.6) is 5.75 Å². The highest BCUT2D eigenvalue weighted by molar-refractivity contribution is 9.10. The van der Waals surface area contributed by atoms with Crippen molar-refractivity contribution in [3.8, 4) is 5.75 Å². The van der Waals surface area contributed by atoms with Crippen molar-refractivity contribution >= 4 is 15.9 Å². The molecule has 2 nitrogen and oxygen atoms in total. The van der Waals surface area contributed by atoms with E-state index in [1.165, 1.54) is 25.7 Å². The summed E-state index contributed by atoms with van der Waals surface area (Å²) in [6.45, 7) is 2.22. The molecule has 0 amide bonds. The summed E-state index contributed by atoms with van der Waals surface area (Å²) in [5, 5.41) is 0. The number of ether oxygens (including phenoxy) is 1. The monoisotopic (exact) mass is 299 g/mol. The van der Waals surface area contributed by atoms with Gasteiger partial charge in [-0.05, 0) is 24.6 Å². The van der Waals surface area contributed by atoms with Crippen LogP contribution in [0.2, 0.25) is 0 Å². The summed E-state index contributed by atoms with van der Waals surface area (Å²) in [6, 6.07) is 6.07. The Labute approximate surface area is 113 Å². The van der Waals surface area contributed by atoms with E-state index in [0.717, 1.165) is 22.2 Å². The third-order valence-electron chi connectivity index (χ3n) is 2.96. The van der Waals surface area contributed by atoms with Gasteiger partial charge in [0.1, 0.15) is 5.75 Å². The molecule has 1 atom stereocenters. The van der Waals surface area contributed by atoms with Crippen molar-refractivity contribution < 1.29 is 4.74 Å². The van der Waals surface area contributed by atoms with Crippen LogP contribution in [-0.2, 0) is 0 Å². The molecule has 1 aromatic rings. The average Bonchev–Trinajstić information content (AvgIpc) is 2.34. The van der Waals surface area contributed by atoms with Gasteiger partial charge in [-0.25, -0.2) is 0 Å². The Morgan fingerprint density at radius 2 is 2.06 bits per heavy atom. The zero-order valence-corrected chi connectivity index (χ0v) is 12.3. The molecular weight excluding hydrogens is 278 g/mol. The van der Waals surface area contributed by atoms with E-state index in [4.69, 9.17) is 10.5 Å². The van der Waals surface area contributed by atoms with Crippen LogP contribution < -0.4 is 10.5 Å². The van der Waals surface area contributed by atoms with Gasteiger partial charge in [0, 0.05) is 16.1 Å². The minimum atomic E-state index is 0.0688. The summed E-state index contributed by atoms with van der Waals surface area (Å²) in [4.78, 5) is 0. The standard InChI is InChI=1S/C14H22BrNO/c1-3-4-5-6-7-13(16)12-10-11(15)8-9-14(12)17-2/h8-10,13H,3-7,16H2,1-2H3. The van der Waals surface area contributed by atoms with E-state index in [2.05, 4.69) is 28.9 Å². The van der Waals surface area contributed by atoms with Gasteiger partial charge in [0.2, 0.25) is 0 Å². The summed E-state index contributed by atoms with van der Waals surface area (Å²) in [5.41, 5.74) is 7.32. The number of methoxy groups -OCH3 is 1. The summed E-state index contributed by atoms with van der Waals surface area (Å²) in [6.07, 6.45) is 6.02. The molecule has 0 fully saturated rings. The maximum Gasteiger partial charge on any atom is 0.123 e. The van der Waals surface area contributed by atoms with Crippen molar-refractivity contribution in [1.82, 2.24) is 0 Å². The SMILES string of the molecule is CCCCCCC(N)c1cc(Br)ccc1OC. The first-order chi connectivity index (χ1) is 8.19. The third kappa shape index (κ3) is 4.68. The number of benzene rings is 1. The Kier molecular flexibility index (Phi) is 6.60. The lowest BCUT2D eigenvalue weighted by molar-refractivity contribution is 0.403. The van der Waals surface area contributed by atoms with Crippen LogP contribution in [-0.4, -0.2) is 7.11 Å². The second-order valence-electron chi connectivity index (χ2n) is 4.34. The summed E-state index contributed by atoms with van der Waals surface area (Å²) in [5.74, 6) is 0.885. The zero-order valence-electron chi connectivity index (χ0n) is 10.7. The van der Waals surface area contributed by atoms with Crippen molar-refractivity contribution in [2.75, 3.05) is 7.11 Å². The molecule has 17 heavy (non-hydrogen) atoms. The quantitative estimate of drug-likeness (QED) is 0.756. The normalized spacial score (nSPS) is 12.5. The molecule has 3 heteroatoms. The van der Waals surface area contributed by atoms with Crippen molar-refractivity contribution in [3.63, 3.8) is 0 Å². The zero-order chi connectivity index (χ0) is 12.7. The van der Waals surface area contributed by atoms with E-state index in [0.29, 0.717) is 0 Å². The topological polar surface area (TPSA) is 35.2 Å². The lowest BCUT2D eigenvalue weighted by Gasteiger charge is -2.16. The largest absolute Gasteiger partial charge is 0.496 e. The number of hydrogen-bond donors (Lipinski definition) is 1. The number of nitrogens with two attached hydrogens (primary N) is 1. The van der Waals surface area contributed by atoms with E-state index in [9.17, 15) is 0 Å². The van der Waals surface area contributed by atoms with Gasteiger partial charge in [0.25, 0.3) is 0 Å². The Morgan fingerprint density at radius 3 is 2.71 bits per heavy atom. The molecule has 0 aliphatic carbocycles. The molecule has 2 N–H and O–H groups in total. The predicted octanol–water partition coefficient (Wildman–Crippen LogP) is 4.43. The fraction of sp³-hybridized carbons (Fsp3) is 0.571.